The van der Waals surface area contributed by atoms with Gasteiger partial charge >= 0.3 is 0 Å². The van der Waals surface area contributed by atoms with Crippen molar-refractivity contribution >= 4 is 28.1 Å². The molecule has 1 aliphatic heterocycles. The summed E-state index contributed by atoms with van der Waals surface area (Å²) in [6.07, 6.45) is 0. The van der Waals surface area contributed by atoms with Gasteiger partial charge in [0.05, 0.1) is 6.54 Å². The van der Waals surface area contributed by atoms with E-state index in [9.17, 15) is 10.2 Å². The molecular weight excluding hydrogens is 298 g/mol. The minimum absolute atomic E-state index is 0.0368. The highest BCUT2D eigenvalue weighted by Crippen LogP contribution is 2.46. The first kappa shape index (κ1) is 13.4. The van der Waals surface area contributed by atoms with Crippen LogP contribution in [0.25, 0.3) is 10.8 Å². The maximum atomic E-state index is 11.2. The number of fused-ring (bicyclic) bond motifs is 3. The second kappa shape index (κ2) is 4.63. The fourth-order valence-electron chi connectivity index (χ4n) is 3.20. The van der Waals surface area contributed by atoms with E-state index in [1.165, 1.54) is 6.07 Å². The Balaban J connectivity index is 1.98. The van der Waals surface area contributed by atoms with Crippen molar-refractivity contribution in [3.8, 4) is 5.75 Å². The van der Waals surface area contributed by atoms with Crippen LogP contribution in [-0.2, 0) is 5.60 Å². The SMILES string of the molecule is Oc1ccc(Cl)cc1C1(O)CNc2c1ccc1ccccc21. The van der Waals surface area contributed by atoms with Crippen LogP contribution in [0.2, 0.25) is 5.02 Å². The third-order valence-corrected chi connectivity index (χ3v) is 4.53. The smallest absolute Gasteiger partial charge is 0.137 e. The molecule has 0 aromatic heterocycles. The van der Waals surface area contributed by atoms with Crippen LogP contribution in [0, 0.1) is 0 Å². The highest BCUT2D eigenvalue weighted by molar-refractivity contribution is 6.30. The summed E-state index contributed by atoms with van der Waals surface area (Å²) in [6.45, 7) is 0.296. The van der Waals surface area contributed by atoms with Crippen molar-refractivity contribution in [2.45, 2.75) is 5.60 Å². The first-order valence-corrected chi connectivity index (χ1v) is 7.45. The molecule has 0 aliphatic carbocycles. The van der Waals surface area contributed by atoms with E-state index >= 15 is 0 Å². The van der Waals surface area contributed by atoms with Crippen LogP contribution in [-0.4, -0.2) is 16.8 Å². The summed E-state index contributed by atoms with van der Waals surface area (Å²) in [4.78, 5) is 0. The van der Waals surface area contributed by atoms with Crippen LogP contribution in [0.15, 0.2) is 54.6 Å². The van der Waals surface area contributed by atoms with E-state index in [2.05, 4.69) is 5.32 Å². The lowest BCUT2D eigenvalue weighted by molar-refractivity contribution is 0.0999. The summed E-state index contributed by atoms with van der Waals surface area (Å²) in [6, 6.07) is 16.6. The summed E-state index contributed by atoms with van der Waals surface area (Å²) < 4.78 is 0. The maximum absolute atomic E-state index is 11.2. The van der Waals surface area contributed by atoms with Crippen LogP contribution in [0.3, 0.4) is 0 Å². The van der Waals surface area contributed by atoms with Crippen molar-refractivity contribution in [2.75, 3.05) is 11.9 Å². The van der Waals surface area contributed by atoms with Gasteiger partial charge in [-0.05, 0) is 23.6 Å². The Morgan fingerprint density at radius 2 is 1.82 bits per heavy atom. The largest absolute Gasteiger partial charge is 0.508 e. The molecule has 110 valence electrons. The number of phenols is 1. The van der Waals surface area contributed by atoms with Gasteiger partial charge in [0.2, 0.25) is 0 Å². The Kier molecular flexibility index (Phi) is 2.83. The average Bonchev–Trinajstić information content (AvgIpc) is 2.88. The van der Waals surface area contributed by atoms with Crippen molar-refractivity contribution in [3.05, 3.63) is 70.7 Å². The second-order valence-corrected chi connectivity index (χ2v) is 6.02. The third kappa shape index (κ3) is 1.79. The normalized spacial score (nSPS) is 19.9. The van der Waals surface area contributed by atoms with Crippen LogP contribution in [0.5, 0.6) is 5.75 Å². The van der Waals surface area contributed by atoms with Gasteiger partial charge in [0.1, 0.15) is 11.4 Å². The molecule has 3 N–H and O–H groups in total. The minimum atomic E-state index is -1.30. The molecule has 3 aromatic rings. The Bertz CT molecular complexity index is 893. The number of rotatable bonds is 1. The molecule has 0 spiro atoms. The van der Waals surface area contributed by atoms with Crippen LogP contribution >= 0.6 is 11.6 Å². The van der Waals surface area contributed by atoms with Crippen molar-refractivity contribution < 1.29 is 10.2 Å². The Morgan fingerprint density at radius 3 is 2.68 bits per heavy atom. The number of β-amino-alcohol motifs (C(OH)–C–C–N with tert-alkyl or cyclic N) is 1. The first-order valence-electron chi connectivity index (χ1n) is 7.07. The standard InChI is InChI=1S/C18H14ClNO2/c19-12-6-8-16(21)15(9-12)18(22)10-20-17-13-4-2-1-3-11(13)5-7-14(17)18/h1-9,20-22H,10H2. The Labute approximate surface area is 132 Å². The zero-order valence-electron chi connectivity index (χ0n) is 11.7. The topological polar surface area (TPSA) is 52.5 Å². The molecule has 3 nitrogen and oxygen atoms in total. The Hall–Kier alpha value is -2.23. The van der Waals surface area contributed by atoms with Crippen LogP contribution in [0.1, 0.15) is 11.1 Å². The number of hydrogen-bond acceptors (Lipinski definition) is 3. The summed E-state index contributed by atoms with van der Waals surface area (Å²) in [5.74, 6) is 0.0368. The van der Waals surface area contributed by atoms with Crippen LogP contribution in [0.4, 0.5) is 5.69 Å². The van der Waals surface area contributed by atoms with Gasteiger partial charge in [-0.2, -0.15) is 0 Å². The molecule has 1 aliphatic rings. The monoisotopic (exact) mass is 311 g/mol. The van der Waals surface area contributed by atoms with Crippen molar-refractivity contribution in [1.82, 2.24) is 0 Å². The van der Waals surface area contributed by atoms with Gasteiger partial charge in [-0.1, -0.05) is 48.0 Å². The van der Waals surface area contributed by atoms with Crippen LogP contribution < -0.4 is 5.32 Å². The lowest BCUT2D eigenvalue weighted by Crippen LogP contribution is -2.29. The van der Waals surface area contributed by atoms with E-state index in [-0.39, 0.29) is 5.75 Å². The molecule has 0 saturated heterocycles. The van der Waals surface area contributed by atoms with Gasteiger partial charge in [-0.25, -0.2) is 0 Å². The summed E-state index contributed by atoms with van der Waals surface area (Å²) >= 11 is 6.04. The molecular formula is C18H14ClNO2. The fraction of sp³-hybridized carbons (Fsp3) is 0.111. The molecule has 1 atom stereocenters. The highest BCUT2D eigenvalue weighted by atomic mass is 35.5. The number of anilines is 1. The van der Waals surface area contributed by atoms with Gasteiger partial charge < -0.3 is 15.5 Å². The van der Waals surface area contributed by atoms with Gasteiger partial charge in [-0.15, -0.1) is 0 Å². The molecule has 22 heavy (non-hydrogen) atoms. The number of nitrogens with one attached hydrogen (secondary N) is 1. The molecule has 1 unspecified atom stereocenters. The van der Waals surface area contributed by atoms with Crippen molar-refractivity contribution in [3.63, 3.8) is 0 Å². The highest BCUT2D eigenvalue weighted by Gasteiger charge is 2.41. The Morgan fingerprint density at radius 1 is 1.00 bits per heavy atom. The molecule has 3 aromatic carbocycles. The summed E-state index contributed by atoms with van der Waals surface area (Å²) in [5.41, 5.74) is 0.777. The lowest BCUT2D eigenvalue weighted by atomic mass is 9.86. The van der Waals surface area contributed by atoms with E-state index in [0.717, 1.165) is 22.0 Å². The van der Waals surface area contributed by atoms with Gasteiger partial charge in [-0.3, -0.25) is 0 Å². The molecule has 0 radical (unpaired) electrons. The van der Waals surface area contributed by atoms with E-state index in [1.54, 1.807) is 12.1 Å². The van der Waals surface area contributed by atoms with E-state index < -0.39 is 5.60 Å². The van der Waals surface area contributed by atoms with Crippen molar-refractivity contribution in [2.24, 2.45) is 0 Å². The number of aromatic hydroxyl groups is 1. The maximum Gasteiger partial charge on any atom is 0.137 e. The molecule has 4 heteroatoms. The molecule has 0 fully saturated rings. The predicted molar refractivity (Wildman–Crippen MR) is 88.6 cm³/mol. The van der Waals surface area contributed by atoms with Crippen molar-refractivity contribution in [1.29, 1.82) is 0 Å². The number of hydrogen-bond donors (Lipinski definition) is 3. The molecule has 4 rings (SSSR count). The first-order chi connectivity index (χ1) is 10.6. The zero-order valence-corrected chi connectivity index (χ0v) is 12.4. The third-order valence-electron chi connectivity index (χ3n) is 4.30. The minimum Gasteiger partial charge on any atom is -0.508 e. The average molecular weight is 312 g/mol. The van der Waals surface area contributed by atoms with Gasteiger partial charge in [0.25, 0.3) is 0 Å². The number of aliphatic hydroxyl groups is 1. The number of halogens is 1. The lowest BCUT2D eigenvalue weighted by Gasteiger charge is -2.24. The zero-order chi connectivity index (χ0) is 15.3. The quantitative estimate of drug-likeness (QED) is 0.639. The van der Waals surface area contributed by atoms with E-state index in [0.29, 0.717) is 17.1 Å². The van der Waals surface area contributed by atoms with E-state index in [1.807, 2.05) is 36.4 Å². The van der Waals surface area contributed by atoms with E-state index in [4.69, 9.17) is 11.6 Å². The summed E-state index contributed by atoms with van der Waals surface area (Å²) in [7, 11) is 0. The number of phenolic OH excluding ortho intramolecular Hbond substituents is 1. The fourth-order valence-corrected chi connectivity index (χ4v) is 3.37. The predicted octanol–water partition coefficient (Wildman–Crippen LogP) is 3.86. The van der Waals surface area contributed by atoms with Gasteiger partial charge in [0, 0.05) is 27.2 Å². The molecule has 1 heterocycles. The van der Waals surface area contributed by atoms with Gasteiger partial charge in [0.15, 0.2) is 0 Å². The molecule has 0 bridgehead atoms. The molecule has 0 saturated carbocycles. The summed E-state index contributed by atoms with van der Waals surface area (Å²) in [5, 5.41) is 27.3. The second-order valence-electron chi connectivity index (χ2n) is 5.58. The molecule has 0 amide bonds. The number of benzene rings is 3.